The van der Waals surface area contributed by atoms with Gasteiger partial charge in [-0.25, -0.2) is 0 Å². The van der Waals surface area contributed by atoms with Crippen LogP contribution in [0.5, 0.6) is 5.75 Å². The Kier molecular flexibility index (Phi) is 6.07. The lowest BCUT2D eigenvalue weighted by Crippen LogP contribution is -2.47. The SMILES string of the molecule is COc1ccc(C2C(C(=O)NC3CCCCCC3)c3ccccc3C(=O)N2C)cc1. The first kappa shape index (κ1) is 20.5. The maximum atomic E-state index is 13.6. The third-order valence-electron chi connectivity index (χ3n) is 6.52. The maximum absolute atomic E-state index is 13.6. The van der Waals surface area contributed by atoms with Gasteiger partial charge in [-0.15, -0.1) is 0 Å². The van der Waals surface area contributed by atoms with E-state index in [0.29, 0.717) is 5.56 Å². The quantitative estimate of drug-likeness (QED) is 0.764. The lowest BCUT2D eigenvalue weighted by molar-refractivity contribution is -0.124. The Hall–Kier alpha value is -2.82. The zero-order valence-corrected chi connectivity index (χ0v) is 17.8. The van der Waals surface area contributed by atoms with Gasteiger partial charge in [0.25, 0.3) is 5.91 Å². The van der Waals surface area contributed by atoms with Crippen LogP contribution in [0, 0.1) is 0 Å². The van der Waals surface area contributed by atoms with E-state index in [2.05, 4.69) is 5.32 Å². The van der Waals surface area contributed by atoms with Crippen molar-refractivity contribution in [1.82, 2.24) is 10.2 Å². The molecule has 2 aromatic rings. The van der Waals surface area contributed by atoms with Gasteiger partial charge >= 0.3 is 0 Å². The Morgan fingerprint density at radius 3 is 2.33 bits per heavy atom. The third-order valence-corrected chi connectivity index (χ3v) is 6.52. The summed E-state index contributed by atoms with van der Waals surface area (Å²) in [6, 6.07) is 15.0. The van der Waals surface area contributed by atoms with Crippen molar-refractivity contribution >= 4 is 11.8 Å². The Bertz CT molecular complexity index is 901. The lowest BCUT2D eigenvalue weighted by atomic mass is 9.79. The van der Waals surface area contributed by atoms with E-state index in [1.807, 2.05) is 48.5 Å². The zero-order valence-electron chi connectivity index (χ0n) is 17.8. The topological polar surface area (TPSA) is 58.6 Å². The first-order chi connectivity index (χ1) is 14.6. The molecular formula is C25H30N2O3. The summed E-state index contributed by atoms with van der Waals surface area (Å²) in [4.78, 5) is 28.4. The predicted octanol–water partition coefficient (Wildman–Crippen LogP) is 4.44. The van der Waals surface area contributed by atoms with Crippen molar-refractivity contribution < 1.29 is 14.3 Å². The first-order valence-electron chi connectivity index (χ1n) is 10.9. The van der Waals surface area contributed by atoms with Gasteiger partial charge in [0.2, 0.25) is 5.91 Å². The summed E-state index contributed by atoms with van der Waals surface area (Å²) in [6.45, 7) is 0. The zero-order chi connectivity index (χ0) is 21.1. The molecule has 1 N–H and O–H groups in total. The minimum atomic E-state index is -0.444. The molecule has 2 aromatic carbocycles. The Morgan fingerprint density at radius 1 is 1.00 bits per heavy atom. The molecule has 2 unspecified atom stereocenters. The number of fused-ring (bicyclic) bond motifs is 1. The van der Waals surface area contributed by atoms with Crippen LogP contribution in [0.15, 0.2) is 48.5 Å². The highest BCUT2D eigenvalue weighted by Gasteiger charge is 2.42. The summed E-state index contributed by atoms with van der Waals surface area (Å²) >= 11 is 0. The van der Waals surface area contributed by atoms with E-state index in [1.165, 1.54) is 12.8 Å². The largest absolute Gasteiger partial charge is 0.497 e. The van der Waals surface area contributed by atoms with E-state index < -0.39 is 5.92 Å². The van der Waals surface area contributed by atoms with Gasteiger partial charge in [-0.1, -0.05) is 56.0 Å². The molecule has 1 aliphatic heterocycles. The molecule has 158 valence electrons. The number of nitrogens with zero attached hydrogens (tertiary/aromatic N) is 1. The van der Waals surface area contributed by atoms with Crippen molar-refractivity contribution in [3.05, 3.63) is 65.2 Å². The van der Waals surface area contributed by atoms with Crippen LogP contribution in [-0.4, -0.2) is 36.9 Å². The molecule has 2 aliphatic rings. The molecule has 0 saturated heterocycles. The third kappa shape index (κ3) is 3.93. The average molecular weight is 407 g/mol. The lowest BCUT2D eigenvalue weighted by Gasteiger charge is -2.40. The fourth-order valence-electron chi connectivity index (χ4n) is 4.89. The van der Waals surface area contributed by atoms with E-state index in [-0.39, 0.29) is 23.9 Å². The number of benzene rings is 2. The van der Waals surface area contributed by atoms with Crippen LogP contribution in [0.2, 0.25) is 0 Å². The Balaban J connectivity index is 1.72. The molecule has 2 amide bonds. The highest BCUT2D eigenvalue weighted by Crippen LogP contribution is 2.42. The standard InChI is InChI=1S/C25H30N2O3/c1-27-23(17-13-15-19(30-2)16-14-17)22(20-11-7-8-12-21(20)25(27)29)24(28)26-18-9-5-3-4-6-10-18/h7-8,11-16,18,22-23H,3-6,9-10H2,1-2H3,(H,26,28). The maximum Gasteiger partial charge on any atom is 0.254 e. The molecule has 5 heteroatoms. The summed E-state index contributed by atoms with van der Waals surface area (Å²) in [5, 5.41) is 3.33. The van der Waals surface area contributed by atoms with Crippen molar-refractivity contribution in [2.75, 3.05) is 14.2 Å². The summed E-state index contributed by atoms with van der Waals surface area (Å²) in [6.07, 6.45) is 6.86. The molecular weight excluding hydrogens is 376 g/mol. The highest BCUT2D eigenvalue weighted by molar-refractivity contribution is 6.01. The summed E-state index contributed by atoms with van der Waals surface area (Å²) in [5.41, 5.74) is 2.36. The first-order valence-corrected chi connectivity index (χ1v) is 10.9. The van der Waals surface area contributed by atoms with Gasteiger partial charge in [-0.05, 0) is 42.2 Å². The van der Waals surface area contributed by atoms with Crippen LogP contribution in [-0.2, 0) is 4.79 Å². The summed E-state index contributed by atoms with van der Waals surface area (Å²) in [7, 11) is 3.42. The van der Waals surface area contributed by atoms with Crippen molar-refractivity contribution in [2.24, 2.45) is 0 Å². The van der Waals surface area contributed by atoms with Gasteiger partial charge in [0.15, 0.2) is 0 Å². The molecule has 1 aliphatic carbocycles. The monoisotopic (exact) mass is 406 g/mol. The average Bonchev–Trinajstić information content (AvgIpc) is 3.04. The number of likely N-dealkylation sites (N-methyl/N-ethyl adjacent to an activating group) is 1. The van der Waals surface area contributed by atoms with Gasteiger partial charge in [0, 0.05) is 18.7 Å². The van der Waals surface area contributed by atoms with E-state index in [9.17, 15) is 9.59 Å². The molecule has 0 spiro atoms. The molecule has 5 nitrogen and oxygen atoms in total. The van der Waals surface area contributed by atoms with Crippen molar-refractivity contribution in [1.29, 1.82) is 0 Å². The number of nitrogens with one attached hydrogen (secondary N) is 1. The van der Waals surface area contributed by atoms with Crippen LogP contribution >= 0.6 is 0 Å². The van der Waals surface area contributed by atoms with Gasteiger partial charge in [-0.3, -0.25) is 9.59 Å². The molecule has 0 bridgehead atoms. The van der Waals surface area contributed by atoms with Crippen LogP contribution in [0.1, 0.15) is 72.0 Å². The minimum absolute atomic E-state index is 0.00881. The van der Waals surface area contributed by atoms with Crippen LogP contribution in [0.3, 0.4) is 0 Å². The summed E-state index contributed by atoms with van der Waals surface area (Å²) < 4.78 is 5.29. The minimum Gasteiger partial charge on any atom is -0.497 e. The Labute approximate surface area is 178 Å². The second-order valence-electron chi connectivity index (χ2n) is 8.40. The number of ether oxygens (including phenoxy) is 1. The van der Waals surface area contributed by atoms with Crippen molar-refractivity contribution in [2.45, 2.75) is 56.5 Å². The number of carbonyl (C=O) groups is 2. The molecule has 1 fully saturated rings. The summed E-state index contributed by atoms with van der Waals surface area (Å²) in [5.74, 6) is 0.267. The van der Waals surface area contributed by atoms with Crippen molar-refractivity contribution in [3.8, 4) is 5.75 Å². The molecule has 0 radical (unpaired) electrons. The number of hydrogen-bond acceptors (Lipinski definition) is 3. The van der Waals surface area contributed by atoms with Crippen LogP contribution in [0.25, 0.3) is 0 Å². The van der Waals surface area contributed by atoms with Crippen LogP contribution in [0.4, 0.5) is 0 Å². The van der Waals surface area contributed by atoms with E-state index in [1.54, 1.807) is 19.1 Å². The second-order valence-corrected chi connectivity index (χ2v) is 8.40. The van der Waals surface area contributed by atoms with Gasteiger partial charge in [0.1, 0.15) is 5.75 Å². The molecule has 2 atom stereocenters. The highest BCUT2D eigenvalue weighted by atomic mass is 16.5. The number of hydrogen-bond donors (Lipinski definition) is 1. The van der Waals surface area contributed by atoms with E-state index >= 15 is 0 Å². The number of rotatable bonds is 4. The molecule has 0 aromatic heterocycles. The molecule has 30 heavy (non-hydrogen) atoms. The van der Waals surface area contributed by atoms with E-state index in [4.69, 9.17) is 4.74 Å². The number of carbonyl (C=O) groups excluding carboxylic acids is 2. The fraction of sp³-hybridized carbons (Fsp3) is 0.440. The van der Waals surface area contributed by atoms with Gasteiger partial charge in [0.05, 0.1) is 19.1 Å². The number of amides is 2. The number of methoxy groups -OCH3 is 1. The normalized spacial score (nSPS) is 22.2. The fourth-order valence-corrected chi connectivity index (χ4v) is 4.89. The van der Waals surface area contributed by atoms with Gasteiger partial charge < -0.3 is 15.0 Å². The molecule has 1 heterocycles. The van der Waals surface area contributed by atoms with E-state index in [0.717, 1.165) is 42.6 Å². The van der Waals surface area contributed by atoms with Gasteiger partial charge in [-0.2, -0.15) is 0 Å². The molecule has 4 rings (SSSR count). The van der Waals surface area contributed by atoms with Crippen molar-refractivity contribution in [3.63, 3.8) is 0 Å². The smallest absolute Gasteiger partial charge is 0.254 e. The predicted molar refractivity (Wildman–Crippen MR) is 117 cm³/mol. The van der Waals surface area contributed by atoms with Crippen LogP contribution < -0.4 is 10.1 Å². The Morgan fingerprint density at radius 2 is 1.67 bits per heavy atom. The second kappa shape index (κ2) is 8.90. The molecule has 1 saturated carbocycles.